The minimum Gasteiger partial charge on any atom is -0.507 e. The average molecular weight is 721 g/mol. The summed E-state index contributed by atoms with van der Waals surface area (Å²) in [5.74, 6) is 0.0350. The summed E-state index contributed by atoms with van der Waals surface area (Å²) in [4.78, 5) is 31.9. The van der Waals surface area contributed by atoms with Gasteiger partial charge >= 0.3 is 5.97 Å². The second-order valence-corrected chi connectivity index (χ2v) is 18.9. The second kappa shape index (κ2) is 16.1. The number of thiocarbonyl (C=S) groups is 1. The fourth-order valence-electron chi connectivity index (χ4n) is 6.94. The van der Waals surface area contributed by atoms with E-state index in [1.54, 1.807) is 18.3 Å². The SMILES string of the molecule is CC(C)(C)C(=O)Oc1cc(C=N[C@@H]2CCCC[C@H]2NC(=S)N[C@H](C(=O)NCc2ccccc2)C(C)(C(C)(C)C)C(C)(C)C)c(O)c(C(C)(C)C)c1. The van der Waals surface area contributed by atoms with Crippen LogP contribution in [0.15, 0.2) is 47.5 Å². The number of amides is 1. The largest absolute Gasteiger partial charge is 0.507 e. The van der Waals surface area contributed by atoms with Gasteiger partial charge in [0.05, 0.1) is 17.5 Å². The molecule has 2 aromatic rings. The van der Waals surface area contributed by atoms with Crippen molar-refractivity contribution in [3.05, 3.63) is 59.2 Å². The van der Waals surface area contributed by atoms with Crippen molar-refractivity contribution >= 4 is 35.4 Å². The number of nitrogens with zero attached hydrogens (tertiary/aromatic N) is 1. The number of phenols is 1. The number of benzene rings is 2. The van der Waals surface area contributed by atoms with E-state index < -0.39 is 22.3 Å². The van der Waals surface area contributed by atoms with E-state index in [-0.39, 0.29) is 40.5 Å². The summed E-state index contributed by atoms with van der Waals surface area (Å²) in [6.07, 6.45) is 5.42. The van der Waals surface area contributed by atoms with Gasteiger partial charge in [-0.15, -0.1) is 0 Å². The molecule has 2 aromatic carbocycles. The van der Waals surface area contributed by atoms with Gasteiger partial charge in [0, 0.05) is 29.3 Å². The molecule has 0 aliphatic heterocycles. The van der Waals surface area contributed by atoms with Gasteiger partial charge in [0.25, 0.3) is 0 Å². The number of aliphatic imine (C=N–C) groups is 1. The van der Waals surface area contributed by atoms with Crippen LogP contribution in [0, 0.1) is 21.7 Å². The van der Waals surface area contributed by atoms with Crippen molar-refractivity contribution in [2.24, 2.45) is 26.7 Å². The Labute approximate surface area is 313 Å². The lowest BCUT2D eigenvalue weighted by atomic mass is 9.51. The first-order valence-electron chi connectivity index (χ1n) is 18.4. The summed E-state index contributed by atoms with van der Waals surface area (Å²) in [5, 5.41) is 22.0. The number of carbonyl (C=O) groups is 2. The fourth-order valence-corrected chi connectivity index (χ4v) is 7.21. The third-order valence-electron chi connectivity index (χ3n) is 10.7. The van der Waals surface area contributed by atoms with E-state index in [2.05, 4.69) is 64.4 Å². The maximum absolute atomic E-state index is 14.1. The summed E-state index contributed by atoms with van der Waals surface area (Å²) in [6, 6.07) is 12.5. The van der Waals surface area contributed by atoms with Gasteiger partial charge in [-0.05, 0) is 79.8 Å². The minimum absolute atomic E-state index is 0.0790. The molecule has 4 N–H and O–H groups in total. The van der Waals surface area contributed by atoms with Gasteiger partial charge in [0.15, 0.2) is 5.11 Å². The molecular weight excluding hydrogens is 657 g/mol. The number of hydrogen-bond donors (Lipinski definition) is 4. The third kappa shape index (κ3) is 10.6. The third-order valence-corrected chi connectivity index (χ3v) is 11.0. The quantitative estimate of drug-likeness (QED) is 0.0889. The Morgan fingerprint density at radius 1 is 0.922 bits per heavy atom. The molecule has 1 saturated carbocycles. The topological polar surface area (TPSA) is 112 Å². The molecular formula is C42H64N4O4S. The Bertz CT molecular complexity index is 1540. The van der Waals surface area contributed by atoms with Crippen LogP contribution in [0.5, 0.6) is 11.5 Å². The van der Waals surface area contributed by atoms with Crippen LogP contribution < -0.4 is 20.7 Å². The van der Waals surface area contributed by atoms with Gasteiger partial charge in [-0.2, -0.15) is 0 Å². The Morgan fingerprint density at radius 2 is 1.51 bits per heavy atom. The van der Waals surface area contributed by atoms with Gasteiger partial charge in [0.2, 0.25) is 5.91 Å². The van der Waals surface area contributed by atoms with E-state index in [1.807, 2.05) is 71.9 Å². The van der Waals surface area contributed by atoms with Crippen LogP contribution in [0.4, 0.5) is 0 Å². The molecule has 0 heterocycles. The summed E-state index contributed by atoms with van der Waals surface area (Å²) in [7, 11) is 0. The van der Waals surface area contributed by atoms with E-state index in [1.165, 1.54) is 0 Å². The lowest BCUT2D eigenvalue weighted by Gasteiger charge is -2.55. The van der Waals surface area contributed by atoms with Crippen LogP contribution in [0.1, 0.15) is 132 Å². The van der Waals surface area contributed by atoms with E-state index in [0.717, 1.165) is 31.2 Å². The Kier molecular flexibility index (Phi) is 13.2. The minimum atomic E-state index is -0.680. The number of nitrogens with one attached hydrogen (secondary N) is 3. The molecule has 282 valence electrons. The predicted molar refractivity (Wildman–Crippen MR) is 213 cm³/mol. The maximum atomic E-state index is 14.1. The van der Waals surface area contributed by atoms with Gasteiger partial charge in [-0.1, -0.05) is 112 Å². The number of carbonyl (C=O) groups excluding carboxylic acids is 2. The number of ether oxygens (including phenoxy) is 1. The summed E-state index contributed by atoms with van der Waals surface area (Å²) < 4.78 is 5.77. The molecule has 3 atom stereocenters. The Balaban J connectivity index is 1.91. The van der Waals surface area contributed by atoms with Gasteiger partial charge in [0.1, 0.15) is 17.5 Å². The number of hydrogen-bond acceptors (Lipinski definition) is 6. The Hall–Kier alpha value is -3.46. The van der Waals surface area contributed by atoms with Crippen LogP contribution in [-0.4, -0.2) is 46.4 Å². The zero-order chi connectivity index (χ0) is 38.6. The van der Waals surface area contributed by atoms with E-state index in [0.29, 0.717) is 28.5 Å². The first-order valence-corrected chi connectivity index (χ1v) is 18.8. The zero-order valence-corrected chi connectivity index (χ0v) is 34.2. The van der Waals surface area contributed by atoms with Crippen molar-refractivity contribution in [3.8, 4) is 11.5 Å². The monoisotopic (exact) mass is 720 g/mol. The van der Waals surface area contributed by atoms with Crippen LogP contribution >= 0.6 is 12.2 Å². The highest BCUT2D eigenvalue weighted by atomic mass is 32.1. The normalized spacial score (nSPS) is 18.2. The summed E-state index contributed by atoms with van der Waals surface area (Å²) in [6.45, 7) is 27.1. The van der Waals surface area contributed by atoms with Crippen LogP contribution in [0.3, 0.4) is 0 Å². The molecule has 9 heteroatoms. The molecule has 51 heavy (non-hydrogen) atoms. The number of rotatable bonds is 9. The van der Waals surface area contributed by atoms with Crippen molar-refractivity contribution in [2.75, 3.05) is 0 Å². The molecule has 0 spiro atoms. The average Bonchev–Trinajstić information content (AvgIpc) is 3.01. The number of esters is 1. The van der Waals surface area contributed by atoms with E-state index >= 15 is 0 Å². The summed E-state index contributed by atoms with van der Waals surface area (Å²) in [5.41, 5.74) is 0.0750. The van der Waals surface area contributed by atoms with Crippen LogP contribution in [-0.2, 0) is 21.5 Å². The maximum Gasteiger partial charge on any atom is 0.316 e. The van der Waals surface area contributed by atoms with Crippen molar-refractivity contribution in [1.82, 2.24) is 16.0 Å². The first kappa shape index (κ1) is 42.0. The molecule has 0 radical (unpaired) electrons. The molecule has 0 unspecified atom stereocenters. The molecule has 0 bridgehead atoms. The molecule has 8 nitrogen and oxygen atoms in total. The highest BCUT2D eigenvalue weighted by molar-refractivity contribution is 7.80. The van der Waals surface area contributed by atoms with Gasteiger partial charge in [-0.25, -0.2) is 0 Å². The van der Waals surface area contributed by atoms with Crippen LogP contribution in [0.2, 0.25) is 0 Å². The zero-order valence-electron chi connectivity index (χ0n) is 33.4. The van der Waals surface area contributed by atoms with E-state index in [4.69, 9.17) is 21.9 Å². The second-order valence-electron chi connectivity index (χ2n) is 18.5. The highest BCUT2D eigenvalue weighted by Crippen LogP contribution is 2.53. The molecule has 0 saturated heterocycles. The van der Waals surface area contributed by atoms with Crippen molar-refractivity contribution in [2.45, 2.75) is 146 Å². The standard InChI is InChI=1S/C42H64N4O4S/c1-38(2,3)30-24-29(50-36(49)39(4,5)6)23-28(33(30)47)26-43-31-21-17-18-22-32(31)45-37(51)46-34(42(13,40(7,8)9)41(10,11)12)35(48)44-25-27-19-15-14-16-20-27/h14-16,19-20,23-24,26,31-32,34,47H,17-18,21-22,25H2,1-13H3,(H,44,48)(H2,45,46,51)/t31-,32-,34-/m1/s1. The van der Waals surface area contributed by atoms with Crippen molar-refractivity contribution < 1.29 is 19.4 Å². The smallest absolute Gasteiger partial charge is 0.316 e. The molecule has 1 aliphatic rings. The molecule has 0 aromatic heterocycles. The molecule has 1 fully saturated rings. The number of phenolic OH excluding ortho intramolecular Hbond substituents is 1. The Morgan fingerprint density at radius 3 is 2.06 bits per heavy atom. The fraction of sp³-hybridized carbons (Fsp3) is 0.619. The lowest BCUT2D eigenvalue weighted by molar-refractivity contribution is -0.143. The van der Waals surface area contributed by atoms with Crippen molar-refractivity contribution in [3.63, 3.8) is 0 Å². The summed E-state index contributed by atoms with van der Waals surface area (Å²) >= 11 is 5.98. The number of aromatic hydroxyl groups is 1. The molecule has 3 rings (SSSR count). The van der Waals surface area contributed by atoms with Crippen LogP contribution in [0.25, 0.3) is 0 Å². The van der Waals surface area contributed by atoms with E-state index in [9.17, 15) is 14.7 Å². The molecule has 1 aliphatic carbocycles. The van der Waals surface area contributed by atoms with Gasteiger partial charge < -0.3 is 25.8 Å². The lowest BCUT2D eigenvalue weighted by Crippen LogP contribution is -2.65. The highest BCUT2D eigenvalue weighted by Gasteiger charge is 2.54. The van der Waals surface area contributed by atoms with Crippen molar-refractivity contribution in [1.29, 1.82) is 0 Å². The predicted octanol–water partition coefficient (Wildman–Crippen LogP) is 8.62. The molecule has 1 amide bonds. The van der Waals surface area contributed by atoms with Gasteiger partial charge in [-0.3, -0.25) is 14.6 Å². The first-order chi connectivity index (χ1) is 23.4.